The minimum atomic E-state index is -5.03. The van der Waals surface area contributed by atoms with Crippen LogP contribution in [0.25, 0.3) is 0 Å². The number of hydrogen-bond donors (Lipinski definition) is 3. The van der Waals surface area contributed by atoms with E-state index in [4.69, 9.17) is 19.6 Å². The number of rotatable bonds is 8. The lowest BCUT2D eigenvalue weighted by Gasteiger charge is -2.30. The molecule has 1 aromatic rings. The zero-order chi connectivity index (χ0) is 21.6. The lowest BCUT2D eigenvalue weighted by atomic mass is 9.90. The SMILES string of the molecule is NC(=O)[C@H]1c2ccc(OCCOS(=O)(=O)O)cc2[C@H]2CN1C(=O)N2OS(=O)(=O)O. The molecule has 14 nitrogen and oxygen atoms in total. The molecule has 0 aliphatic carbocycles. The minimum absolute atomic E-state index is 0.149. The van der Waals surface area contributed by atoms with E-state index < -0.39 is 51.4 Å². The standard InChI is InChI=1S/C13H15N3O11S2/c14-12(17)11-8-2-1-7(25-3-4-26-28(19,20)21)5-9(8)10-6-15(11)13(18)16(10)27-29(22,23)24/h1-2,5,10-11H,3-4,6H2,(H2,14,17)(H,19,20,21)(H,22,23,24)/t10-,11-/m1/s1. The topological polar surface area (TPSA) is 203 Å². The van der Waals surface area contributed by atoms with Crippen molar-refractivity contribution in [2.45, 2.75) is 12.1 Å². The number of hydrogen-bond acceptors (Lipinski definition) is 9. The Hall–Kier alpha value is -2.50. The third-order valence-electron chi connectivity index (χ3n) is 4.14. The van der Waals surface area contributed by atoms with Crippen LogP contribution >= 0.6 is 0 Å². The van der Waals surface area contributed by atoms with Crippen LogP contribution in [0.3, 0.4) is 0 Å². The first-order valence-corrected chi connectivity index (χ1v) is 10.5. The summed E-state index contributed by atoms with van der Waals surface area (Å²) < 4.78 is 74.4. The quantitative estimate of drug-likeness (QED) is 0.319. The first kappa shape index (κ1) is 21.2. The Morgan fingerprint density at radius 2 is 1.83 bits per heavy atom. The Labute approximate surface area is 164 Å². The van der Waals surface area contributed by atoms with Gasteiger partial charge in [-0.3, -0.25) is 13.9 Å². The van der Waals surface area contributed by atoms with Gasteiger partial charge in [0.2, 0.25) is 5.91 Å². The first-order chi connectivity index (χ1) is 13.4. The van der Waals surface area contributed by atoms with Crippen LogP contribution in [0.15, 0.2) is 18.2 Å². The predicted octanol–water partition coefficient (Wildman–Crippen LogP) is -1.06. The number of benzene rings is 1. The Balaban J connectivity index is 1.90. The third kappa shape index (κ3) is 4.57. The van der Waals surface area contributed by atoms with E-state index in [-0.39, 0.29) is 24.5 Å². The lowest BCUT2D eigenvalue weighted by Crippen LogP contribution is -2.41. The Bertz CT molecular complexity index is 1060. The van der Waals surface area contributed by atoms with Crippen molar-refractivity contribution in [3.8, 4) is 5.75 Å². The van der Waals surface area contributed by atoms with E-state index in [1.165, 1.54) is 18.2 Å². The molecule has 1 fully saturated rings. The van der Waals surface area contributed by atoms with Gasteiger partial charge >= 0.3 is 26.8 Å². The number of nitrogens with zero attached hydrogens (tertiary/aromatic N) is 2. The summed E-state index contributed by atoms with van der Waals surface area (Å²) in [7, 11) is -9.65. The molecule has 0 aromatic heterocycles. The fourth-order valence-corrected chi connectivity index (χ4v) is 3.83. The average molecular weight is 453 g/mol. The molecule has 2 aliphatic rings. The molecule has 160 valence electrons. The molecule has 0 radical (unpaired) electrons. The molecular formula is C13H15N3O11S2. The summed E-state index contributed by atoms with van der Waals surface area (Å²) in [5.41, 5.74) is 5.96. The van der Waals surface area contributed by atoms with Crippen molar-refractivity contribution in [1.29, 1.82) is 0 Å². The smallest absolute Gasteiger partial charge is 0.418 e. The predicted molar refractivity (Wildman–Crippen MR) is 90.7 cm³/mol. The van der Waals surface area contributed by atoms with Crippen LogP contribution in [0.4, 0.5) is 4.79 Å². The molecule has 0 spiro atoms. The van der Waals surface area contributed by atoms with Gasteiger partial charge in [-0.05, 0) is 23.3 Å². The van der Waals surface area contributed by atoms with Crippen LogP contribution in [0.1, 0.15) is 23.2 Å². The van der Waals surface area contributed by atoms with Crippen LogP contribution in [0.2, 0.25) is 0 Å². The van der Waals surface area contributed by atoms with Gasteiger partial charge in [-0.1, -0.05) is 6.07 Å². The Morgan fingerprint density at radius 3 is 2.41 bits per heavy atom. The van der Waals surface area contributed by atoms with Crippen molar-refractivity contribution >= 4 is 32.7 Å². The molecule has 0 unspecified atom stereocenters. The van der Waals surface area contributed by atoms with Crippen LogP contribution < -0.4 is 10.5 Å². The largest absolute Gasteiger partial charge is 0.491 e. The fourth-order valence-electron chi connectivity index (χ4n) is 3.18. The maximum atomic E-state index is 12.5. The minimum Gasteiger partial charge on any atom is -0.491 e. The molecular weight excluding hydrogens is 438 g/mol. The van der Waals surface area contributed by atoms with Gasteiger partial charge in [0.15, 0.2) is 0 Å². The molecule has 2 aliphatic heterocycles. The molecule has 2 atom stereocenters. The molecule has 16 heteroatoms. The number of carbonyl (C=O) groups is 2. The number of ether oxygens (including phenoxy) is 1. The van der Waals surface area contributed by atoms with Crippen molar-refractivity contribution in [3.63, 3.8) is 0 Å². The third-order valence-corrected chi connectivity index (χ3v) is 4.95. The summed E-state index contributed by atoms with van der Waals surface area (Å²) in [4.78, 5) is 25.4. The summed E-state index contributed by atoms with van der Waals surface area (Å²) in [6, 6.07) is 1.00. The zero-order valence-corrected chi connectivity index (χ0v) is 16.0. The second-order valence-electron chi connectivity index (χ2n) is 5.97. The average Bonchev–Trinajstić information content (AvgIpc) is 2.84. The van der Waals surface area contributed by atoms with Crippen molar-refractivity contribution in [3.05, 3.63) is 29.3 Å². The molecule has 0 saturated carbocycles. The van der Waals surface area contributed by atoms with Gasteiger partial charge < -0.3 is 15.4 Å². The number of fused-ring (bicyclic) bond motifs is 4. The van der Waals surface area contributed by atoms with E-state index in [0.29, 0.717) is 10.6 Å². The van der Waals surface area contributed by atoms with E-state index in [9.17, 15) is 26.4 Å². The fraction of sp³-hybridized carbons (Fsp3) is 0.385. The van der Waals surface area contributed by atoms with Gasteiger partial charge in [0.25, 0.3) is 0 Å². The highest BCUT2D eigenvalue weighted by Crippen LogP contribution is 2.45. The van der Waals surface area contributed by atoms with E-state index in [1.54, 1.807) is 0 Å². The first-order valence-electron chi connectivity index (χ1n) is 7.82. The van der Waals surface area contributed by atoms with Crippen molar-refractivity contribution in [1.82, 2.24) is 9.96 Å². The summed E-state index contributed by atoms with van der Waals surface area (Å²) in [5, 5.41) is 0.405. The van der Waals surface area contributed by atoms with Gasteiger partial charge in [0.1, 0.15) is 31.0 Å². The molecule has 2 bridgehead atoms. The summed E-state index contributed by atoms with van der Waals surface area (Å²) in [5.74, 6) is -0.715. The van der Waals surface area contributed by atoms with Crippen LogP contribution in [0.5, 0.6) is 5.75 Å². The highest BCUT2D eigenvalue weighted by molar-refractivity contribution is 7.81. The zero-order valence-electron chi connectivity index (χ0n) is 14.4. The van der Waals surface area contributed by atoms with Crippen LogP contribution in [-0.4, -0.2) is 67.6 Å². The molecule has 4 N–H and O–H groups in total. The molecule has 29 heavy (non-hydrogen) atoms. The van der Waals surface area contributed by atoms with Gasteiger partial charge in [-0.2, -0.15) is 21.9 Å². The maximum Gasteiger partial charge on any atom is 0.418 e. The number of carbonyl (C=O) groups excluding carboxylic acids is 2. The van der Waals surface area contributed by atoms with E-state index in [1.807, 2.05) is 0 Å². The lowest BCUT2D eigenvalue weighted by molar-refractivity contribution is -0.122. The van der Waals surface area contributed by atoms with Crippen molar-refractivity contribution in [2.24, 2.45) is 5.73 Å². The highest BCUT2D eigenvalue weighted by Gasteiger charge is 2.51. The monoisotopic (exact) mass is 453 g/mol. The van der Waals surface area contributed by atoms with Gasteiger partial charge in [-0.25, -0.2) is 8.98 Å². The Morgan fingerprint density at radius 1 is 1.14 bits per heavy atom. The number of hydroxylamine groups is 2. The summed E-state index contributed by atoms with van der Waals surface area (Å²) >= 11 is 0. The Kier molecular flexibility index (Phi) is 5.41. The van der Waals surface area contributed by atoms with E-state index in [0.717, 1.165) is 4.90 Å². The molecule has 1 aromatic carbocycles. The maximum absolute atomic E-state index is 12.5. The second kappa shape index (κ2) is 7.39. The van der Waals surface area contributed by atoms with Gasteiger partial charge in [0.05, 0.1) is 6.54 Å². The molecule has 3 rings (SSSR count). The normalized spacial score (nSPS) is 21.2. The van der Waals surface area contributed by atoms with Crippen molar-refractivity contribution < 1.29 is 48.7 Å². The van der Waals surface area contributed by atoms with Gasteiger partial charge in [-0.15, -0.1) is 4.28 Å². The van der Waals surface area contributed by atoms with Crippen molar-refractivity contribution in [2.75, 3.05) is 19.8 Å². The number of nitrogens with two attached hydrogens (primary N) is 1. The number of primary amides is 1. The molecule has 1 saturated heterocycles. The summed E-state index contributed by atoms with van der Waals surface area (Å²) in [6.45, 7) is -0.920. The number of amides is 3. The van der Waals surface area contributed by atoms with Crippen LogP contribution in [0, 0.1) is 0 Å². The number of urea groups is 1. The highest BCUT2D eigenvalue weighted by atomic mass is 32.3. The second-order valence-corrected chi connectivity index (χ2v) is 8.07. The van der Waals surface area contributed by atoms with Gasteiger partial charge in [0, 0.05) is 0 Å². The molecule has 3 amide bonds. The van der Waals surface area contributed by atoms with Crippen LogP contribution in [-0.2, 0) is 34.1 Å². The molecule has 2 heterocycles. The van der Waals surface area contributed by atoms with E-state index >= 15 is 0 Å². The van der Waals surface area contributed by atoms with E-state index in [2.05, 4.69) is 8.47 Å². The summed E-state index contributed by atoms with van der Waals surface area (Å²) in [6.07, 6.45) is 0.